The molecule has 1 rings (SSSR count). The summed E-state index contributed by atoms with van der Waals surface area (Å²) < 4.78 is 50.4. The number of nitrogens with one attached hydrogen (secondary N) is 1. The van der Waals surface area contributed by atoms with E-state index in [0.29, 0.717) is 13.0 Å². The first kappa shape index (κ1) is 29.2. The van der Waals surface area contributed by atoms with E-state index >= 15 is 0 Å². The summed E-state index contributed by atoms with van der Waals surface area (Å²) in [5, 5.41) is 2.61. The van der Waals surface area contributed by atoms with Gasteiger partial charge in [-0.1, -0.05) is 67.7 Å². The van der Waals surface area contributed by atoms with Crippen LogP contribution < -0.4 is 10.1 Å². The predicted octanol–water partition coefficient (Wildman–Crippen LogP) is 6.86. The van der Waals surface area contributed by atoms with Gasteiger partial charge in [-0.25, -0.2) is 4.79 Å². The molecular formula is C20H29Cl3F3NO4Si. The van der Waals surface area contributed by atoms with Gasteiger partial charge in [-0.05, 0) is 42.2 Å². The first-order valence-corrected chi connectivity index (χ1v) is 13.9. The van der Waals surface area contributed by atoms with Crippen molar-refractivity contribution >= 4 is 49.2 Å². The maximum Gasteiger partial charge on any atom is 0.573 e. The van der Waals surface area contributed by atoms with Crippen LogP contribution in [0.15, 0.2) is 24.3 Å². The van der Waals surface area contributed by atoms with Crippen LogP contribution in [0.4, 0.5) is 18.0 Å². The fourth-order valence-corrected chi connectivity index (χ4v) is 3.57. The van der Waals surface area contributed by atoms with E-state index < -0.39 is 31.2 Å². The Kier molecular flexibility index (Phi) is 10.5. The Bertz CT molecular complexity index is 736. The molecule has 0 radical (unpaired) electrons. The lowest BCUT2D eigenvalue weighted by atomic mass is 10.00. The summed E-state index contributed by atoms with van der Waals surface area (Å²) in [6.07, 6.45) is -5.05. The van der Waals surface area contributed by atoms with Crippen molar-refractivity contribution in [2.45, 2.75) is 55.5 Å². The van der Waals surface area contributed by atoms with E-state index in [1.807, 2.05) is 0 Å². The summed E-state index contributed by atoms with van der Waals surface area (Å²) >= 11 is 16.7. The zero-order valence-corrected chi connectivity index (χ0v) is 21.9. The minimum Gasteiger partial charge on any atom is -0.445 e. The number of hydrogen-bond acceptors (Lipinski definition) is 4. The van der Waals surface area contributed by atoms with Crippen LogP contribution in [-0.2, 0) is 15.6 Å². The lowest BCUT2D eigenvalue weighted by molar-refractivity contribution is -0.274. The highest BCUT2D eigenvalue weighted by Gasteiger charge is 2.37. The summed E-state index contributed by atoms with van der Waals surface area (Å²) in [5.74, 6) is -0.470. The maximum atomic E-state index is 12.4. The molecule has 0 aliphatic carbocycles. The third-order valence-electron chi connectivity index (χ3n) is 5.07. The zero-order valence-electron chi connectivity index (χ0n) is 18.6. The fourth-order valence-electron chi connectivity index (χ4n) is 2.32. The first-order chi connectivity index (χ1) is 14.4. The molecule has 0 saturated carbocycles. The second-order valence-electron chi connectivity index (χ2n) is 8.91. The molecule has 0 aliphatic rings. The van der Waals surface area contributed by atoms with E-state index in [1.165, 1.54) is 12.1 Å². The Morgan fingerprint density at radius 1 is 1.09 bits per heavy atom. The SMILES string of the molecule is CC(C)(C)[Si](C)(C)OCC(CNC(=O)OCC(Cl)(Cl)Cl)Cc1ccc(OC(F)(F)F)cc1. The summed E-state index contributed by atoms with van der Waals surface area (Å²) in [4.78, 5) is 11.9. The summed E-state index contributed by atoms with van der Waals surface area (Å²) in [5.41, 5.74) is 0.764. The number of alkyl carbamates (subject to hydrolysis) is 1. The molecule has 12 heteroatoms. The molecule has 1 atom stereocenters. The van der Waals surface area contributed by atoms with E-state index in [0.717, 1.165) is 5.56 Å². The van der Waals surface area contributed by atoms with E-state index in [-0.39, 0.29) is 23.3 Å². The topological polar surface area (TPSA) is 56.8 Å². The van der Waals surface area contributed by atoms with Crippen LogP contribution in [0.5, 0.6) is 5.75 Å². The predicted molar refractivity (Wildman–Crippen MR) is 123 cm³/mol. The fraction of sp³-hybridized carbons (Fsp3) is 0.650. The monoisotopic (exact) mass is 537 g/mol. The average molecular weight is 539 g/mol. The van der Waals surface area contributed by atoms with Gasteiger partial charge < -0.3 is 19.2 Å². The normalized spacial score (nSPS) is 14.1. The zero-order chi connectivity index (χ0) is 24.8. The van der Waals surface area contributed by atoms with Gasteiger partial charge >= 0.3 is 12.5 Å². The third-order valence-corrected chi connectivity index (χ3v) is 9.90. The van der Waals surface area contributed by atoms with E-state index in [9.17, 15) is 18.0 Å². The third kappa shape index (κ3) is 11.8. The number of ether oxygens (including phenoxy) is 2. The maximum absolute atomic E-state index is 12.4. The minimum atomic E-state index is -4.75. The van der Waals surface area contributed by atoms with Gasteiger partial charge in [0.2, 0.25) is 3.79 Å². The van der Waals surface area contributed by atoms with Crippen molar-refractivity contribution in [2.75, 3.05) is 19.8 Å². The second kappa shape index (κ2) is 11.5. The molecule has 0 heterocycles. The smallest absolute Gasteiger partial charge is 0.445 e. The molecule has 0 fully saturated rings. The number of alkyl halides is 6. The Hall–Kier alpha value is -0.873. The molecule has 0 saturated heterocycles. The quantitative estimate of drug-likeness (QED) is 0.276. The lowest BCUT2D eigenvalue weighted by Gasteiger charge is -2.37. The van der Waals surface area contributed by atoms with Crippen molar-refractivity contribution in [2.24, 2.45) is 5.92 Å². The van der Waals surface area contributed by atoms with Crippen molar-refractivity contribution in [3.63, 3.8) is 0 Å². The molecule has 5 nitrogen and oxygen atoms in total. The van der Waals surface area contributed by atoms with E-state index in [2.05, 4.69) is 43.9 Å². The van der Waals surface area contributed by atoms with Crippen LogP contribution in [0.3, 0.4) is 0 Å². The van der Waals surface area contributed by atoms with Gasteiger partial charge in [0.25, 0.3) is 0 Å². The Morgan fingerprint density at radius 3 is 2.12 bits per heavy atom. The number of carbonyl (C=O) groups is 1. The van der Waals surface area contributed by atoms with Crippen molar-refractivity contribution in [1.82, 2.24) is 5.32 Å². The van der Waals surface area contributed by atoms with E-state index in [1.54, 1.807) is 12.1 Å². The summed E-state index contributed by atoms with van der Waals surface area (Å²) in [6.45, 7) is 10.7. The largest absolute Gasteiger partial charge is 0.573 e. The highest BCUT2D eigenvalue weighted by atomic mass is 35.6. The van der Waals surface area contributed by atoms with Gasteiger partial charge in [-0.15, -0.1) is 13.2 Å². The van der Waals surface area contributed by atoms with Gasteiger partial charge in [0.05, 0.1) is 0 Å². The van der Waals surface area contributed by atoms with Crippen molar-refractivity contribution in [3.05, 3.63) is 29.8 Å². The summed E-state index contributed by atoms with van der Waals surface area (Å²) in [6, 6.07) is 5.58. The minimum absolute atomic E-state index is 0.00906. The van der Waals surface area contributed by atoms with Crippen LogP contribution >= 0.6 is 34.8 Å². The van der Waals surface area contributed by atoms with Crippen LogP contribution in [0, 0.1) is 5.92 Å². The molecule has 0 aliphatic heterocycles. The highest BCUT2D eigenvalue weighted by molar-refractivity contribution is 6.74. The molecule has 1 aromatic rings. The number of benzene rings is 1. The molecule has 1 aromatic carbocycles. The molecule has 0 bridgehead atoms. The molecule has 1 N–H and O–H groups in total. The molecule has 1 unspecified atom stereocenters. The van der Waals surface area contributed by atoms with Gasteiger partial charge in [0.15, 0.2) is 8.32 Å². The molecular weight excluding hydrogens is 510 g/mol. The number of hydrogen-bond donors (Lipinski definition) is 1. The summed E-state index contributed by atoms with van der Waals surface area (Å²) in [7, 11) is -2.06. The lowest BCUT2D eigenvalue weighted by Crippen LogP contribution is -2.43. The standard InChI is InChI=1S/C20H29Cl3F3NO4Si/c1-18(2,3)32(4,5)30-12-15(11-27-17(28)29-13-19(21,22)23)10-14-6-8-16(9-7-14)31-20(24,25)26/h6-9,15H,10-13H2,1-5H3,(H,27,28). The molecule has 184 valence electrons. The van der Waals surface area contributed by atoms with Crippen LogP contribution in [0.2, 0.25) is 18.1 Å². The van der Waals surface area contributed by atoms with E-state index in [4.69, 9.17) is 44.0 Å². The van der Waals surface area contributed by atoms with Crippen LogP contribution in [0.1, 0.15) is 26.3 Å². The second-order valence-corrected chi connectivity index (χ2v) is 16.2. The molecule has 1 amide bonds. The van der Waals surface area contributed by atoms with Crippen molar-refractivity contribution in [3.8, 4) is 5.75 Å². The van der Waals surface area contributed by atoms with Crippen molar-refractivity contribution < 1.29 is 31.9 Å². The Morgan fingerprint density at radius 2 is 1.66 bits per heavy atom. The number of amides is 1. The number of carbonyl (C=O) groups excluding carboxylic acids is 1. The number of halogens is 6. The molecule has 0 spiro atoms. The average Bonchev–Trinajstić information content (AvgIpc) is 2.61. The molecule has 32 heavy (non-hydrogen) atoms. The molecule has 0 aromatic heterocycles. The van der Waals surface area contributed by atoms with Crippen molar-refractivity contribution in [1.29, 1.82) is 0 Å². The van der Waals surface area contributed by atoms with Crippen LogP contribution in [0.25, 0.3) is 0 Å². The van der Waals surface area contributed by atoms with Crippen LogP contribution in [-0.4, -0.2) is 44.3 Å². The highest BCUT2D eigenvalue weighted by Crippen LogP contribution is 2.37. The van der Waals surface area contributed by atoms with Gasteiger partial charge in [-0.2, -0.15) is 0 Å². The first-order valence-electron chi connectivity index (χ1n) is 9.84. The Labute approximate surface area is 203 Å². The van der Waals surface area contributed by atoms with Gasteiger partial charge in [-0.3, -0.25) is 0 Å². The Balaban J connectivity index is 2.81. The van der Waals surface area contributed by atoms with Gasteiger partial charge in [0.1, 0.15) is 12.4 Å². The number of rotatable bonds is 9. The van der Waals surface area contributed by atoms with Gasteiger partial charge in [0, 0.05) is 19.1 Å².